The fraction of sp³-hybridized carbons (Fsp3) is 0.667. The maximum Gasteiger partial charge on any atom is 0.401 e. The molecule has 1 heterocycles. The van der Waals surface area contributed by atoms with Gasteiger partial charge in [0, 0.05) is 33.2 Å². The molecule has 0 radical (unpaired) electrons. The van der Waals surface area contributed by atoms with Crippen LogP contribution in [0, 0.1) is 0 Å². The van der Waals surface area contributed by atoms with Crippen LogP contribution in [0.25, 0.3) is 0 Å². The van der Waals surface area contributed by atoms with Crippen molar-refractivity contribution in [1.29, 1.82) is 0 Å². The molecule has 1 aliphatic heterocycles. The number of alkyl halides is 3. The second-order valence-corrected chi connectivity index (χ2v) is 7.52. The number of aliphatic imine (C=N–C) groups is 1. The zero-order chi connectivity index (χ0) is 22.7. The molecule has 0 amide bonds. The average molecular weight is 446 g/mol. The van der Waals surface area contributed by atoms with Crippen LogP contribution >= 0.6 is 0 Å². The number of morpholine rings is 1. The van der Waals surface area contributed by atoms with E-state index in [1.54, 1.807) is 14.2 Å². The fourth-order valence-corrected chi connectivity index (χ4v) is 3.53. The number of hydrogen-bond acceptors (Lipinski definition) is 5. The van der Waals surface area contributed by atoms with Crippen molar-refractivity contribution in [3.8, 4) is 5.75 Å². The Bertz CT molecular complexity index is 664. The number of hydrogen-bond donors (Lipinski definition) is 2. The van der Waals surface area contributed by atoms with E-state index in [4.69, 9.17) is 9.47 Å². The number of nitrogens with zero attached hydrogens (tertiary/aromatic N) is 3. The lowest BCUT2D eigenvalue weighted by Gasteiger charge is -2.35. The molecule has 1 aromatic carbocycles. The molecule has 0 bridgehead atoms. The summed E-state index contributed by atoms with van der Waals surface area (Å²) in [6, 6.07) is 8.16. The van der Waals surface area contributed by atoms with Crippen molar-refractivity contribution >= 4 is 5.96 Å². The van der Waals surface area contributed by atoms with Crippen molar-refractivity contribution in [2.24, 2.45) is 4.99 Å². The number of methoxy groups -OCH3 is 1. The standard InChI is InChI=1S/C21H34F3N5O2/c1-25-20(26-9-4-10-28(2)16-21(22,23)24)27-15-19(29-11-13-31-14-12-29)17-5-7-18(30-3)8-6-17/h5-8,19H,4,9-16H2,1-3H3,(H2,25,26,27). The number of benzene rings is 1. The van der Waals surface area contributed by atoms with Crippen LogP contribution in [0.4, 0.5) is 13.2 Å². The molecule has 7 nitrogen and oxygen atoms in total. The van der Waals surface area contributed by atoms with Crippen molar-refractivity contribution < 1.29 is 22.6 Å². The van der Waals surface area contributed by atoms with Gasteiger partial charge < -0.3 is 20.1 Å². The lowest BCUT2D eigenvalue weighted by molar-refractivity contribution is -0.143. The third kappa shape index (κ3) is 9.32. The van der Waals surface area contributed by atoms with Gasteiger partial charge in [0.1, 0.15) is 5.75 Å². The molecule has 1 aromatic rings. The number of nitrogens with one attached hydrogen (secondary N) is 2. The maximum absolute atomic E-state index is 12.4. The predicted octanol–water partition coefficient (Wildman–Crippen LogP) is 2.12. The second-order valence-electron chi connectivity index (χ2n) is 7.52. The van der Waals surface area contributed by atoms with Gasteiger partial charge >= 0.3 is 6.18 Å². The molecule has 176 valence electrons. The van der Waals surface area contributed by atoms with Crippen LogP contribution in [-0.4, -0.2) is 95.6 Å². The summed E-state index contributed by atoms with van der Waals surface area (Å²) in [5, 5.41) is 6.54. The molecule has 0 aromatic heterocycles. The molecule has 0 saturated carbocycles. The summed E-state index contributed by atoms with van der Waals surface area (Å²) in [4.78, 5) is 7.89. The van der Waals surface area contributed by atoms with Crippen LogP contribution in [0.5, 0.6) is 5.75 Å². The van der Waals surface area contributed by atoms with Crippen LogP contribution in [0.3, 0.4) is 0 Å². The molecule has 1 unspecified atom stereocenters. The first-order valence-electron chi connectivity index (χ1n) is 10.5. The average Bonchev–Trinajstić information content (AvgIpc) is 2.75. The summed E-state index contributed by atoms with van der Waals surface area (Å²) in [6.07, 6.45) is -3.59. The van der Waals surface area contributed by atoms with Crippen LogP contribution in [0.1, 0.15) is 18.0 Å². The quantitative estimate of drug-likeness (QED) is 0.327. The van der Waals surface area contributed by atoms with Gasteiger partial charge in [-0.2, -0.15) is 13.2 Å². The normalized spacial score (nSPS) is 16.9. The van der Waals surface area contributed by atoms with Gasteiger partial charge in [0.05, 0.1) is 32.9 Å². The van der Waals surface area contributed by atoms with Gasteiger partial charge in [-0.05, 0) is 37.7 Å². The Morgan fingerprint density at radius 1 is 1.23 bits per heavy atom. The molecule has 1 aliphatic rings. The van der Waals surface area contributed by atoms with Crippen molar-refractivity contribution in [2.75, 3.05) is 73.7 Å². The third-order valence-corrected chi connectivity index (χ3v) is 5.13. The van der Waals surface area contributed by atoms with Crippen molar-refractivity contribution in [1.82, 2.24) is 20.4 Å². The summed E-state index contributed by atoms with van der Waals surface area (Å²) in [7, 11) is 4.80. The highest BCUT2D eigenvalue weighted by Gasteiger charge is 2.28. The second kappa shape index (κ2) is 12.7. The fourth-order valence-electron chi connectivity index (χ4n) is 3.53. The van der Waals surface area contributed by atoms with E-state index in [0.717, 1.165) is 18.8 Å². The predicted molar refractivity (Wildman–Crippen MR) is 116 cm³/mol. The minimum Gasteiger partial charge on any atom is -0.497 e. The molecule has 0 spiro atoms. The Morgan fingerprint density at radius 3 is 2.48 bits per heavy atom. The Hall–Kier alpha value is -2.04. The Balaban J connectivity index is 1.86. The van der Waals surface area contributed by atoms with Crippen molar-refractivity contribution in [2.45, 2.75) is 18.6 Å². The van der Waals surface area contributed by atoms with Gasteiger partial charge in [-0.3, -0.25) is 14.8 Å². The van der Waals surface area contributed by atoms with Gasteiger partial charge in [0.15, 0.2) is 5.96 Å². The molecule has 1 atom stereocenters. The van der Waals surface area contributed by atoms with E-state index in [-0.39, 0.29) is 6.04 Å². The highest BCUT2D eigenvalue weighted by Crippen LogP contribution is 2.23. The first kappa shape index (κ1) is 25.2. The Kier molecular flexibility index (Phi) is 10.4. The zero-order valence-corrected chi connectivity index (χ0v) is 18.5. The largest absolute Gasteiger partial charge is 0.497 e. The molecule has 1 fully saturated rings. The zero-order valence-electron chi connectivity index (χ0n) is 18.5. The highest BCUT2D eigenvalue weighted by molar-refractivity contribution is 5.79. The van der Waals surface area contributed by atoms with E-state index in [9.17, 15) is 13.2 Å². The molecule has 0 aliphatic carbocycles. The number of ether oxygens (including phenoxy) is 2. The topological polar surface area (TPSA) is 61.4 Å². The summed E-state index contributed by atoms with van der Waals surface area (Å²) < 4.78 is 48.0. The molecule has 10 heteroatoms. The van der Waals surface area contributed by atoms with Crippen molar-refractivity contribution in [3.05, 3.63) is 29.8 Å². The van der Waals surface area contributed by atoms with E-state index in [1.165, 1.54) is 17.5 Å². The van der Waals surface area contributed by atoms with Crippen LogP contribution in [-0.2, 0) is 4.74 Å². The minimum atomic E-state index is -4.17. The van der Waals surface area contributed by atoms with Gasteiger partial charge in [-0.1, -0.05) is 12.1 Å². The SMILES string of the molecule is CN=C(NCCCN(C)CC(F)(F)F)NCC(c1ccc(OC)cc1)N1CCOCC1. The molecule has 31 heavy (non-hydrogen) atoms. The summed E-state index contributed by atoms with van der Waals surface area (Å²) in [6.45, 7) is 3.71. The van der Waals surface area contributed by atoms with E-state index in [1.807, 2.05) is 12.1 Å². The van der Waals surface area contributed by atoms with Gasteiger partial charge in [-0.15, -0.1) is 0 Å². The minimum absolute atomic E-state index is 0.131. The van der Waals surface area contributed by atoms with Gasteiger partial charge in [0.25, 0.3) is 0 Å². The maximum atomic E-state index is 12.4. The van der Waals surface area contributed by atoms with Gasteiger partial charge in [0.2, 0.25) is 0 Å². The van der Waals surface area contributed by atoms with E-state index in [2.05, 4.69) is 32.7 Å². The lowest BCUT2D eigenvalue weighted by Crippen LogP contribution is -2.46. The first-order chi connectivity index (χ1) is 14.8. The number of rotatable bonds is 10. The lowest BCUT2D eigenvalue weighted by atomic mass is 10.0. The summed E-state index contributed by atoms with van der Waals surface area (Å²) in [5.74, 6) is 1.44. The number of guanidine groups is 1. The molecule has 1 saturated heterocycles. The smallest absolute Gasteiger partial charge is 0.401 e. The Morgan fingerprint density at radius 2 is 1.90 bits per heavy atom. The molecular weight excluding hydrogens is 411 g/mol. The highest BCUT2D eigenvalue weighted by atomic mass is 19.4. The van der Waals surface area contributed by atoms with Crippen LogP contribution in [0.2, 0.25) is 0 Å². The third-order valence-electron chi connectivity index (χ3n) is 5.13. The summed E-state index contributed by atoms with van der Waals surface area (Å²) in [5.41, 5.74) is 1.17. The first-order valence-corrected chi connectivity index (χ1v) is 10.5. The summed E-state index contributed by atoms with van der Waals surface area (Å²) >= 11 is 0. The van der Waals surface area contributed by atoms with Crippen molar-refractivity contribution in [3.63, 3.8) is 0 Å². The van der Waals surface area contributed by atoms with Crippen LogP contribution < -0.4 is 15.4 Å². The molecule has 2 rings (SSSR count). The Labute approximate surface area is 182 Å². The van der Waals surface area contributed by atoms with Crippen LogP contribution in [0.15, 0.2) is 29.3 Å². The monoisotopic (exact) mass is 445 g/mol. The van der Waals surface area contributed by atoms with E-state index >= 15 is 0 Å². The van der Waals surface area contributed by atoms with Gasteiger partial charge in [-0.25, -0.2) is 0 Å². The molecular formula is C21H34F3N5O2. The molecule has 2 N–H and O–H groups in total. The van der Waals surface area contributed by atoms with E-state index in [0.29, 0.717) is 45.2 Å². The van der Waals surface area contributed by atoms with E-state index < -0.39 is 12.7 Å². The number of halogens is 3.